The zero-order valence-corrected chi connectivity index (χ0v) is 47.8. The van der Waals surface area contributed by atoms with Crippen LogP contribution < -0.4 is 5.32 Å². The molecule has 8 unspecified atom stereocenters. The van der Waals surface area contributed by atoms with Crippen molar-refractivity contribution < 1.29 is 49.3 Å². The highest BCUT2D eigenvalue weighted by molar-refractivity contribution is 5.80. The molecule has 0 aromatic heterocycles. The number of amides is 1. The summed E-state index contributed by atoms with van der Waals surface area (Å²) in [6, 6.07) is -1.06. The van der Waals surface area contributed by atoms with Crippen LogP contribution in [0.2, 0.25) is 0 Å². The molecule has 0 aliphatic carbocycles. The molecule has 0 saturated carbocycles. The van der Waals surface area contributed by atoms with Crippen LogP contribution in [0.15, 0.2) is 146 Å². The van der Waals surface area contributed by atoms with Gasteiger partial charge in [-0.25, -0.2) is 0 Å². The largest absolute Gasteiger partial charge is 0.454 e. The van der Waals surface area contributed by atoms with Gasteiger partial charge in [0.2, 0.25) is 5.91 Å². The van der Waals surface area contributed by atoms with E-state index in [2.05, 4.69) is 105 Å². The molecule has 1 aliphatic heterocycles. The van der Waals surface area contributed by atoms with Crippen LogP contribution >= 0.6 is 0 Å². The average molecular weight is 1070 g/mol. The van der Waals surface area contributed by atoms with Gasteiger partial charge in [0.15, 0.2) is 12.4 Å². The highest BCUT2D eigenvalue weighted by Gasteiger charge is 2.47. The van der Waals surface area contributed by atoms with Crippen molar-refractivity contribution >= 4 is 11.9 Å². The van der Waals surface area contributed by atoms with Crippen LogP contribution in [-0.2, 0) is 23.8 Å². The Morgan fingerprint density at radius 3 is 1.55 bits per heavy atom. The molecule has 8 atom stereocenters. The molecule has 0 radical (unpaired) electrons. The SMILES string of the molecule is CC/C=C\C/C=C\C/C=C\C/C=C\C/C=C\C/C=C\CCCCCC(O)C(=O)NC(COC1OC(CO)C(O)C(O)C1OC(=O)CCC/C=C/C=C\C=C/C=C/C=C/CC)C(O)/C=C/CCCCCCCCCCCCC. The minimum absolute atomic E-state index is 0.0151. The molecule has 0 aromatic carbocycles. The first-order chi connectivity index (χ1) is 37.7. The molecule has 1 fully saturated rings. The Kier molecular flexibility index (Phi) is 47.9. The summed E-state index contributed by atoms with van der Waals surface area (Å²) in [5, 5.41) is 56.8. The van der Waals surface area contributed by atoms with Crippen LogP contribution in [0.5, 0.6) is 0 Å². The summed E-state index contributed by atoms with van der Waals surface area (Å²) in [4.78, 5) is 26.5. The highest BCUT2D eigenvalue weighted by atomic mass is 16.7. The molecule has 1 amide bonds. The third-order valence-electron chi connectivity index (χ3n) is 12.9. The number of unbranched alkanes of at least 4 members (excludes halogenated alkanes) is 15. The van der Waals surface area contributed by atoms with E-state index >= 15 is 0 Å². The molecule has 0 bridgehead atoms. The second-order valence-corrected chi connectivity index (χ2v) is 19.7. The summed E-state index contributed by atoms with van der Waals surface area (Å²) in [5.41, 5.74) is 0. The Labute approximate surface area is 466 Å². The summed E-state index contributed by atoms with van der Waals surface area (Å²) in [5.74, 6) is -1.31. The highest BCUT2D eigenvalue weighted by Crippen LogP contribution is 2.26. The Balaban J connectivity index is 2.77. The average Bonchev–Trinajstić information content (AvgIpc) is 3.43. The Bertz CT molecular complexity index is 1800. The van der Waals surface area contributed by atoms with E-state index in [-0.39, 0.29) is 19.4 Å². The minimum atomic E-state index is -1.66. The number of aliphatic hydroxyl groups is 5. The van der Waals surface area contributed by atoms with Crippen molar-refractivity contribution in [3.63, 3.8) is 0 Å². The van der Waals surface area contributed by atoms with E-state index in [1.807, 2.05) is 60.8 Å². The lowest BCUT2D eigenvalue weighted by molar-refractivity contribution is -0.305. The van der Waals surface area contributed by atoms with E-state index in [1.54, 1.807) is 6.08 Å². The fraction of sp³-hybridized carbons (Fsp3) is 0.606. The lowest BCUT2D eigenvalue weighted by atomic mass is 9.99. The summed E-state index contributed by atoms with van der Waals surface area (Å²) < 4.78 is 17.5. The first kappa shape index (κ1) is 70.6. The van der Waals surface area contributed by atoms with Gasteiger partial charge >= 0.3 is 5.97 Å². The minimum Gasteiger partial charge on any atom is -0.454 e. The third-order valence-corrected chi connectivity index (χ3v) is 12.9. The number of nitrogens with one attached hydrogen (secondary N) is 1. The van der Waals surface area contributed by atoms with Crippen molar-refractivity contribution in [2.75, 3.05) is 13.2 Å². The van der Waals surface area contributed by atoms with Crippen LogP contribution in [0.3, 0.4) is 0 Å². The molecule has 1 saturated heterocycles. The maximum atomic E-state index is 13.4. The second kappa shape index (κ2) is 52.3. The Morgan fingerprint density at radius 1 is 0.532 bits per heavy atom. The van der Waals surface area contributed by atoms with Gasteiger partial charge in [-0.1, -0.05) is 244 Å². The molecular formula is C66H105NO10. The Morgan fingerprint density at radius 2 is 1.00 bits per heavy atom. The van der Waals surface area contributed by atoms with Crippen LogP contribution in [0.4, 0.5) is 0 Å². The third kappa shape index (κ3) is 40.4. The van der Waals surface area contributed by atoms with E-state index in [0.717, 1.165) is 89.9 Å². The van der Waals surface area contributed by atoms with Crippen molar-refractivity contribution in [2.45, 2.75) is 243 Å². The maximum absolute atomic E-state index is 13.4. The van der Waals surface area contributed by atoms with Gasteiger partial charge in [0.05, 0.1) is 25.4 Å². The first-order valence-corrected chi connectivity index (χ1v) is 29.7. The van der Waals surface area contributed by atoms with Crippen molar-refractivity contribution in [1.82, 2.24) is 5.32 Å². The summed E-state index contributed by atoms with van der Waals surface area (Å²) >= 11 is 0. The number of ether oxygens (including phenoxy) is 3. The van der Waals surface area contributed by atoms with Crippen molar-refractivity contribution in [3.8, 4) is 0 Å². The molecule has 1 rings (SSSR count). The maximum Gasteiger partial charge on any atom is 0.306 e. The molecular weight excluding hydrogens is 967 g/mol. The fourth-order valence-electron chi connectivity index (χ4n) is 8.21. The zero-order valence-electron chi connectivity index (χ0n) is 47.8. The number of rotatable bonds is 47. The molecule has 11 heteroatoms. The number of hydrogen-bond donors (Lipinski definition) is 6. The molecule has 1 aliphatic rings. The standard InChI is InChI=1S/C66H105NO10/c1-4-7-10-13-16-19-22-25-26-27-28-29-30-31-32-33-36-38-41-44-47-50-53-59(70)65(74)67-57(58(69)52-49-46-43-40-37-34-23-20-17-14-11-8-5-2)56-75-66-64(63(73)62(72)60(55-68)76-66)77-61(71)54-51-48-45-42-39-35-24-21-18-15-12-9-6-3/h7,9-10,12,15-16,18-19,21,24-26,28-29,31-32,35-36,38-39,42,45,49,52,57-60,62-64,66,68-70,72-73H,4-6,8,11,13-14,17,20,22-23,27,30,33-34,37,40-41,43-44,46-48,50-51,53-56H2,1-3H3,(H,67,74)/b10-7-,12-9+,18-15+,19-16-,24-21-,26-25-,29-28-,32-31-,38-36-,39-35-,45-42+,52-49+. The monoisotopic (exact) mass is 1070 g/mol. The number of allylic oxidation sites excluding steroid dienone is 23. The summed E-state index contributed by atoms with van der Waals surface area (Å²) in [6.45, 7) is 5.44. The van der Waals surface area contributed by atoms with Gasteiger partial charge in [0.25, 0.3) is 0 Å². The van der Waals surface area contributed by atoms with Gasteiger partial charge in [-0.3, -0.25) is 9.59 Å². The molecule has 11 nitrogen and oxygen atoms in total. The zero-order chi connectivity index (χ0) is 56.1. The van der Waals surface area contributed by atoms with Crippen LogP contribution in [0, 0.1) is 0 Å². The predicted octanol–water partition coefficient (Wildman–Crippen LogP) is 13.8. The molecule has 6 N–H and O–H groups in total. The lowest BCUT2D eigenvalue weighted by Gasteiger charge is -2.41. The smallest absolute Gasteiger partial charge is 0.306 e. The van der Waals surface area contributed by atoms with Crippen LogP contribution in [0.1, 0.15) is 194 Å². The second-order valence-electron chi connectivity index (χ2n) is 19.7. The van der Waals surface area contributed by atoms with Crippen molar-refractivity contribution in [1.29, 1.82) is 0 Å². The Hall–Kier alpha value is -4.46. The number of carbonyl (C=O) groups excluding carboxylic acids is 2. The molecule has 0 spiro atoms. The first-order valence-electron chi connectivity index (χ1n) is 29.7. The van der Waals surface area contributed by atoms with Crippen molar-refractivity contribution in [3.05, 3.63) is 146 Å². The van der Waals surface area contributed by atoms with E-state index in [0.29, 0.717) is 19.3 Å². The quantitative estimate of drug-likeness (QED) is 0.0149. The van der Waals surface area contributed by atoms with E-state index in [1.165, 1.54) is 51.4 Å². The molecule has 77 heavy (non-hydrogen) atoms. The van der Waals surface area contributed by atoms with E-state index in [9.17, 15) is 35.1 Å². The van der Waals surface area contributed by atoms with Gasteiger partial charge in [-0.2, -0.15) is 0 Å². The van der Waals surface area contributed by atoms with Crippen LogP contribution in [-0.4, -0.2) is 99.6 Å². The van der Waals surface area contributed by atoms with E-state index < -0.39 is 67.4 Å². The van der Waals surface area contributed by atoms with Gasteiger partial charge in [0, 0.05) is 6.42 Å². The van der Waals surface area contributed by atoms with Crippen LogP contribution in [0.25, 0.3) is 0 Å². The molecule has 1 heterocycles. The number of aliphatic hydroxyl groups excluding tert-OH is 5. The van der Waals surface area contributed by atoms with Gasteiger partial charge < -0.3 is 45.1 Å². The predicted molar refractivity (Wildman–Crippen MR) is 319 cm³/mol. The van der Waals surface area contributed by atoms with Gasteiger partial charge in [-0.15, -0.1) is 0 Å². The topological polar surface area (TPSA) is 175 Å². The fourth-order valence-corrected chi connectivity index (χ4v) is 8.21. The molecule has 0 aromatic rings. The normalized spacial score (nSPS) is 20.1. The van der Waals surface area contributed by atoms with Crippen molar-refractivity contribution in [2.24, 2.45) is 0 Å². The van der Waals surface area contributed by atoms with E-state index in [4.69, 9.17) is 14.2 Å². The lowest BCUT2D eigenvalue weighted by Crippen LogP contribution is -2.61. The van der Waals surface area contributed by atoms with Gasteiger partial charge in [-0.05, 0) is 89.9 Å². The number of hydrogen-bond acceptors (Lipinski definition) is 10. The summed E-state index contributed by atoms with van der Waals surface area (Å²) in [6.07, 6.45) is 64.7. The number of carbonyl (C=O) groups is 2. The van der Waals surface area contributed by atoms with Gasteiger partial charge in [0.1, 0.15) is 24.4 Å². The molecule has 434 valence electrons. The summed E-state index contributed by atoms with van der Waals surface area (Å²) in [7, 11) is 0. The number of esters is 1.